The van der Waals surface area contributed by atoms with Crippen LogP contribution in [-0.2, 0) is 19.8 Å². The number of benzene rings is 1. The van der Waals surface area contributed by atoms with Gasteiger partial charge in [0.1, 0.15) is 0 Å². The lowest BCUT2D eigenvalue weighted by Gasteiger charge is -2.40. The highest BCUT2D eigenvalue weighted by atomic mass is 19.4. The van der Waals surface area contributed by atoms with Gasteiger partial charge in [-0.05, 0) is 50.0 Å². The molecule has 0 amide bonds. The van der Waals surface area contributed by atoms with Crippen molar-refractivity contribution in [3.8, 4) is 0 Å². The second kappa shape index (κ2) is 9.72. The fraction of sp³-hybridized carbons (Fsp3) is 0.545. The Kier molecular flexibility index (Phi) is 7.25. The fourth-order valence-corrected chi connectivity index (χ4v) is 4.38. The average molecular weight is 437 g/mol. The molecule has 2 atom stereocenters. The van der Waals surface area contributed by atoms with Crippen LogP contribution in [-0.4, -0.2) is 59.8 Å². The number of piperidine rings is 1. The van der Waals surface area contributed by atoms with E-state index in [9.17, 15) is 13.2 Å². The average Bonchev–Trinajstić information content (AvgIpc) is 3.12. The van der Waals surface area contributed by atoms with E-state index in [1.165, 1.54) is 12.1 Å². The first-order chi connectivity index (χ1) is 14.7. The molecule has 1 N–H and O–H groups in total. The van der Waals surface area contributed by atoms with Gasteiger partial charge in [-0.2, -0.15) is 18.3 Å². The van der Waals surface area contributed by atoms with Gasteiger partial charge in [0.25, 0.3) is 0 Å². The van der Waals surface area contributed by atoms with Crippen molar-refractivity contribution in [1.29, 1.82) is 0 Å². The maximum atomic E-state index is 13.0. The standard InChI is InChI=1S/C22H31F3N6/c1-26-21(30(3)14-16-12-28-31(4)15-16)27-13-18-6-5-11-29(2)20(18)17-7-9-19(10-8-17)22(23,24)25/h7-10,12,15,18,20H,5-6,11,13-14H2,1-4H3,(H,26,27). The third kappa shape index (κ3) is 5.78. The lowest BCUT2D eigenvalue weighted by atomic mass is 9.84. The fourth-order valence-electron chi connectivity index (χ4n) is 4.38. The minimum atomic E-state index is -4.32. The summed E-state index contributed by atoms with van der Waals surface area (Å²) in [6.07, 6.45) is 1.56. The smallest absolute Gasteiger partial charge is 0.356 e. The molecular weight excluding hydrogens is 405 g/mol. The molecular formula is C22H31F3N6. The summed E-state index contributed by atoms with van der Waals surface area (Å²) >= 11 is 0. The Morgan fingerprint density at radius 2 is 1.97 bits per heavy atom. The molecule has 2 aromatic rings. The Morgan fingerprint density at radius 3 is 2.55 bits per heavy atom. The van der Waals surface area contributed by atoms with Gasteiger partial charge in [-0.1, -0.05) is 12.1 Å². The van der Waals surface area contributed by atoms with Crippen LogP contribution in [0.4, 0.5) is 13.2 Å². The van der Waals surface area contributed by atoms with Crippen LogP contribution < -0.4 is 5.32 Å². The van der Waals surface area contributed by atoms with Crippen molar-refractivity contribution in [2.24, 2.45) is 18.0 Å². The van der Waals surface area contributed by atoms with E-state index in [0.717, 1.165) is 36.5 Å². The van der Waals surface area contributed by atoms with Crippen LogP contribution in [0.3, 0.4) is 0 Å². The molecule has 1 aliphatic heterocycles. The van der Waals surface area contributed by atoms with E-state index >= 15 is 0 Å². The Balaban J connectivity index is 1.68. The number of guanidine groups is 1. The van der Waals surface area contributed by atoms with E-state index in [1.807, 2.05) is 38.4 Å². The third-order valence-corrected chi connectivity index (χ3v) is 5.86. The van der Waals surface area contributed by atoms with Crippen molar-refractivity contribution in [2.45, 2.75) is 31.6 Å². The molecule has 1 saturated heterocycles. The second-order valence-corrected chi connectivity index (χ2v) is 8.25. The maximum Gasteiger partial charge on any atom is 0.416 e. The Labute approximate surface area is 181 Å². The zero-order chi connectivity index (χ0) is 22.6. The minimum absolute atomic E-state index is 0.0604. The summed E-state index contributed by atoms with van der Waals surface area (Å²) in [5, 5.41) is 7.67. The first-order valence-electron chi connectivity index (χ1n) is 10.5. The molecule has 1 aromatic heterocycles. The molecule has 1 aromatic carbocycles. The Bertz CT molecular complexity index is 874. The molecule has 2 unspecified atom stereocenters. The van der Waals surface area contributed by atoms with E-state index in [2.05, 4.69) is 20.3 Å². The summed E-state index contributed by atoms with van der Waals surface area (Å²) in [5.41, 5.74) is 1.40. The lowest BCUT2D eigenvalue weighted by molar-refractivity contribution is -0.137. The number of rotatable bonds is 5. The van der Waals surface area contributed by atoms with Crippen LogP contribution in [0.2, 0.25) is 0 Å². The molecule has 2 heterocycles. The van der Waals surface area contributed by atoms with E-state index in [0.29, 0.717) is 13.1 Å². The predicted molar refractivity (Wildman–Crippen MR) is 116 cm³/mol. The van der Waals surface area contributed by atoms with Crippen LogP contribution in [0.15, 0.2) is 41.7 Å². The van der Waals surface area contributed by atoms with Gasteiger partial charge in [0.2, 0.25) is 0 Å². The summed E-state index contributed by atoms with van der Waals surface area (Å²) in [6, 6.07) is 5.66. The number of aromatic nitrogens is 2. The van der Waals surface area contributed by atoms with Crippen molar-refractivity contribution in [2.75, 3.05) is 34.2 Å². The summed E-state index contributed by atoms with van der Waals surface area (Å²) in [4.78, 5) is 8.67. The summed E-state index contributed by atoms with van der Waals surface area (Å²) in [6.45, 7) is 2.30. The maximum absolute atomic E-state index is 13.0. The molecule has 3 rings (SSSR count). The van der Waals surface area contributed by atoms with Crippen molar-refractivity contribution in [1.82, 2.24) is 24.9 Å². The zero-order valence-electron chi connectivity index (χ0n) is 18.5. The first-order valence-corrected chi connectivity index (χ1v) is 10.5. The molecule has 0 aliphatic carbocycles. The van der Waals surface area contributed by atoms with Crippen LogP contribution in [0.1, 0.15) is 35.6 Å². The molecule has 0 radical (unpaired) electrons. The number of alkyl halides is 3. The van der Waals surface area contributed by atoms with Gasteiger partial charge in [-0.3, -0.25) is 14.6 Å². The van der Waals surface area contributed by atoms with Gasteiger partial charge in [-0.25, -0.2) is 0 Å². The highest BCUT2D eigenvalue weighted by molar-refractivity contribution is 5.79. The van der Waals surface area contributed by atoms with Crippen molar-refractivity contribution in [3.63, 3.8) is 0 Å². The number of nitrogens with one attached hydrogen (secondary N) is 1. The van der Waals surface area contributed by atoms with Crippen molar-refractivity contribution in [3.05, 3.63) is 53.3 Å². The normalized spacial score (nSPS) is 20.7. The number of nitrogens with zero attached hydrogens (tertiary/aromatic N) is 5. The highest BCUT2D eigenvalue weighted by Crippen LogP contribution is 2.36. The molecule has 1 aliphatic rings. The summed E-state index contributed by atoms with van der Waals surface area (Å²) in [5.74, 6) is 1.04. The van der Waals surface area contributed by atoms with E-state index in [1.54, 1.807) is 23.9 Å². The molecule has 0 spiro atoms. The molecule has 0 bridgehead atoms. The predicted octanol–water partition coefficient (Wildman–Crippen LogP) is 3.53. The number of aryl methyl sites for hydroxylation is 1. The summed E-state index contributed by atoms with van der Waals surface area (Å²) in [7, 11) is 7.65. The highest BCUT2D eigenvalue weighted by Gasteiger charge is 2.33. The van der Waals surface area contributed by atoms with Gasteiger partial charge in [0, 0.05) is 52.0 Å². The van der Waals surface area contributed by atoms with Crippen LogP contribution in [0, 0.1) is 5.92 Å². The van der Waals surface area contributed by atoms with E-state index in [-0.39, 0.29) is 12.0 Å². The number of hydrogen-bond acceptors (Lipinski definition) is 3. The molecule has 9 heteroatoms. The minimum Gasteiger partial charge on any atom is -0.356 e. The molecule has 31 heavy (non-hydrogen) atoms. The molecule has 170 valence electrons. The quantitative estimate of drug-likeness (QED) is 0.576. The van der Waals surface area contributed by atoms with Crippen molar-refractivity contribution >= 4 is 5.96 Å². The van der Waals surface area contributed by atoms with Crippen LogP contribution in [0.5, 0.6) is 0 Å². The van der Waals surface area contributed by atoms with Gasteiger partial charge >= 0.3 is 6.18 Å². The Hall–Kier alpha value is -2.55. The van der Waals surface area contributed by atoms with Gasteiger partial charge < -0.3 is 10.2 Å². The number of hydrogen-bond donors (Lipinski definition) is 1. The number of aliphatic imine (C=N–C) groups is 1. The molecule has 6 nitrogen and oxygen atoms in total. The third-order valence-electron chi connectivity index (χ3n) is 5.86. The summed E-state index contributed by atoms with van der Waals surface area (Å²) < 4.78 is 40.6. The van der Waals surface area contributed by atoms with Gasteiger partial charge in [0.05, 0.1) is 11.8 Å². The lowest BCUT2D eigenvalue weighted by Crippen LogP contribution is -2.45. The largest absolute Gasteiger partial charge is 0.416 e. The van der Waals surface area contributed by atoms with E-state index < -0.39 is 11.7 Å². The first kappa shape index (κ1) is 23.1. The monoisotopic (exact) mass is 436 g/mol. The topological polar surface area (TPSA) is 48.7 Å². The SMILES string of the molecule is CN=C(NCC1CCCN(C)C1c1ccc(C(F)(F)F)cc1)N(C)Cc1cnn(C)c1. The molecule has 0 saturated carbocycles. The van der Waals surface area contributed by atoms with E-state index in [4.69, 9.17) is 0 Å². The zero-order valence-corrected chi connectivity index (χ0v) is 18.5. The van der Waals surface area contributed by atoms with Crippen LogP contribution >= 0.6 is 0 Å². The number of likely N-dealkylation sites (tertiary alicyclic amines) is 1. The second-order valence-electron chi connectivity index (χ2n) is 8.25. The van der Waals surface area contributed by atoms with Gasteiger partial charge in [0.15, 0.2) is 5.96 Å². The number of halogens is 3. The molecule has 1 fully saturated rings. The van der Waals surface area contributed by atoms with Crippen LogP contribution in [0.25, 0.3) is 0 Å². The Morgan fingerprint density at radius 1 is 1.26 bits per heavy atom. The van der Waals surface area contributed by atoms with Crippen molar-refractivity contribution < 1.29 is 13.2 Å². The van der Waals surface area contributed by atoms with Gasteiger partial charge in [-0.15, -0.1) is 0 Å².